The predicted octanol–water partition coefficient (Wildman–Crippen LogP) is 1.71. The molecule has 0 unspecified atom stereocenters. The van der Waals surface area contributed by atoms with Crippen molar-refractivity contribution in [1.29, 1.82) is 0 Å². The van der Waals surface area contributed by atoms with Gasteiger partial charge in [0.2, 0.25) is 0 Å². The molecule has 0 radical (unpaired) electrons. The van der Waals surface area contributed by atoms with Crippen LogP contribution in [0.25, 0.3) is 0 Å². The minimum absolute atomic E-state index is 0.264. The Morgan fingerprint density at radius 2 is 2.00 bits per heavy atom. The second-order valence-corrected chi connectivity index (χ2v) is 2.14. The SMILES string of the molecule is C#CCOc1ccccc1OC. The number of rotatable bonds is 3. The molecule has 0 N–H and O–H groups in total. The van der Waals surface area contributed by atoms with E-state index in [-0.39, 0.29) is 6.61 Å². The molecule has 0 saturated heterocycles. The third-order valence-electron chi connectivity index (χ3n) is 1.38. The largest absolute Gasteiger partial charge is 0.493 e. The number of methoxy groups -OCH3 is 1. The van der Waals surface area contributed by atoms with Crippen LogP contribution < -0.4 is 9.47 Å². The topological polar surface area (TPSA) is 18.5 Å². The van der Waals surface area contributed by atoms with E-state index >= 15 is 0 Å². The lowest BCUT2D eigenvalue weighted by Crippen LogP contribution is -1.95. The van der Waals surface area contributed by atoms with Crippen molar-refractivity contribution in [2.24, 2.45) is 0 Å². The van der Waals surface area contributed by atoms with Gasteiger partial charge in [-0.1, -0.05) is 18.1 Å². The lowest BCUT2D eigenvalue weighted by Gasteiger charge is -2.06. The Balaban J connectivity index is 2.76. The van der Waals surface area contributed by atoms with E-state index in [0.717, 1.165) is 0 Å². The molecule has 12 heavy (non-hydrogen) atoms. The van der Waals surface area contributed by atoms with Crippen molar-refractivity contribution in [2.75, 3.05) is 13.7 Å². The van der Waals surface area contributed by atoms with Crippen LogP contribution in [0.15, 0.2) is 24.3 Å². The summed E-state index contributed by atoms with van der Waals surface area (Å²) in [6, 6.07) is 7.39. The van der Waals surface area contributed by atoms with Crippen LogP contribution in [0.3, 0.4) is 0 Å². The molecule has 0 saturated carbocycles. The molecule has 0 fully saturated rings. The van der Waals surface area contributed by atoms with Gasteiger partial charge in [0.1, 0.15) is 6.61 Å². The van der Waals surface area contributed by atoms with Crippen molar-refractivity contribution in [3.63, 3.8) is 0 Å². The fourth-order valence-corrected chi connectivity index (χ4v) is 0.857. The molecule has 0 aromatic heterocycles. The van der Waals surface area contributed by atoms with Gasteiger partial charge in [0.25, 0.3) is 0 Å². The molecule has 1 aromatic carbocycles. The second kappa shape index (κ2) is 4.30. The molecule has 0 heterocycles. The molecule has 0 amide bonds. The molecular formula is C10H10O2. The van der Waals surface area contributed by atoms with Crippen molar-refractivity contribution in [3.8, 4) is 23.8 Å². The molecule has 0 atom stereocenters. The van der Waals surface area contributed by atoms with Crippen LogP contribution in [-0.2, 0) is 0 Å². The average molecular weight is 162 g/mol. The van der Waals surface area contributed by atoms with Crippen molar-refractivity contribution in [2.45, 2.75) is 0 Å². The predicted molar refractivity (Wildman–Crippen MR) is 47.3 cm³/mol. The van der Waals surface area contributed by atoms with Crippen LogP contribution in [0.5, 0.6) is 11.5 Å². The highest BCUT2D eigenvalue weighted by atomic mass is 16.5. The Kier molecular flexibility index (Phi) is 3.04. The molecule has 0 bridgehead atoms. The first-order valence-corrected chi connectivity index (χ1v) is 3.57. The molecule has 0 aliphatic rings. The molecule has 2 nitrogen and oxygen atoms in total. The summed E-state index contributed by atoms with van der Waals surface area (Å²) in [5.74, 6) is 3.77. The maximum Gasteiger partial charge on any atom is 0.162 e. The van der Waals surface area contributed by atoms with Gasteiger partial charge in [-0.05, 0) is 12.1 Å². The molecule has 62 valence electrons. The van der Waals surface area contributed by atoms with E-state index in [0.29, 0.717) is 11.5 Å². The van der Waals surface area contributed by atoms with Gasteiger partial charge in [0.15, 0.2) is 11.5 Å². The average Bonchev–Trinajstić information content (AvgIpc) is 2.15. The van der Waals surface area contributed by atoms with E-state index < -0.39 is 0 Å². The molecule has 1 aromatic rings. The van der Waals surface area contributed by atoms with Gasteiger partial charge in [-0.3, -0.25) is 0 Å². The zero-order valence-electron chi connectivity index (χ0n) is 6.91. The molecule has 2 heteroatoms. The number of hydrogen-bond donors (Lipinski definition) is 0. The van der Waals surface area contributed by atoms with Gasteiger partial charge in [0.05, 0.1) is 7.11 Å². The first-order valence-electron chi connectivity index (χ1n) is 3.57. The summed E-state index contributed by atoms with van der Waals surface area (Å²) in [4.78, 5) is 0. The zero-order chi connectivity index (χ0) is 8.81. The Morgan fingerprint density at radius 3 is 2.58 bits per heavy atom. The van der Waals surface area contributed by atoms with Crippen LogP contribution in [0.1, 0.15) is 0 Å². The van der Waals surface area contributed by atoms with Gasteiger partial charge < -0.3 is 9.47 Å². The highest BCUT2D eigenvalue weighted by molar-refractivity contribution is 5.39. The van der Waals surface area contributed by atoms with E-state index in [1.165, 1.54) is 0 Å². The monoisotopic (exact) mass is 162 g/mol. The summed E-state index contributed by atoms with van der Waals surface area (Å²) in [5.41, 5.74) is 0. The lowest BCUT2D eigenvalue weighted by molar-refractivity contribution is 0.331. The van der Waals surface area contributed by atoms with Gasteiger partial charge in [-0.2, -0.15) is 0 Å². The maximum atomic E-state index is 5.22. The van der Waals surface area contributed by atoms with Crippen LogP contribution in [-0.4, -0.2) is 13.7 Å². The molecule has 0 aliphatic heterocycles. The highest BCUT2D eigenvalue weighted by Gasteiger charge is 1.99. The Hall–Kier alpha value is -1.62. The first kappa shape index (κ1) is 8.48. The normalized spacial score (nSPS) is 8.67. The smallest absolute Gasteiger partial charge is 0.162 e. The maximum absolute atomic E-state index is 5.22. The van der Waals surface area contributed by atoms with Crippen LogP contribution in [0.4, 0.5) is 0 Å². The summed E-state index contributed by atoms with van der Waals surface area (Å²) in [5, 5.41) is 0. The quantitative estimate of drug-likeness (QED) is 0.630. The summed E-state index contributed by atoms with van der Waals surface area (Å²) in [6.07, 6.45) is 5.05. The minimum Gasteiger partial charge on any atom is -0.493 e. The summed E-state index contributed by atoms with van der Waals surface area (Å²) < 4.78 is 10.3. The van der Waals surface area contributed by atoms with Gasteiger partial charge in [0, 0.05) is 0 Å². The van der Waals surface area contributed by atoms with Gasteiger partial charge >= 0.3 is 0 Å². The number of para-hydroxylation sites is 2. The number of terminal acetylenes is 1. The van der Waals surface area contributed by atoms with Crippen molar-refractivity contribution >= 4 is 0 Å². The third kappa shape index (κ3) is 1.93. The minimum atomic E-state index is 0.264. The van der Waals surface area contributed by atoms with E-state index in [4.69, 9.17) is 15.9 Å². The van der Waals surface area contributed by atoms with E-state index in [1.54, 1.807) is 7.11 Å². The molecule has 0 spiro atoms. The van der Waals surface area contributed by atoms with E-state index in [9.17, 15) is 0 Å². The molecule has 1 rings (SSSR count). The Bertz CT molecular complexity index is 286. The van der Waals surface area contributed by atoms with E-state index in [1.807, 2.05) is 24.3 Å². The van der Waals surface area contributed by atoms with Gasteiger partial charge in [-0.25, -0.2) is 0 Å². The molecule has 0 aliphatic carbocycles. The fourth-order valence-electron chi connectivity index (χ4n) is 0.857. The van der Waals surface area contributed by atoms with Crippen LogP contribution in [0, 0.1) is 12.3 Å². The Morgan fingerprint density at radius 1 is 1.33 bits per heavy atom. The lowest BCUT2D eigenvalue weighted by atomic mass is 10.3. The van der Waals surface area contributed by atoms with Crippen molar-refractivity contribution < 1.29 is 9.47 Å². The van der Waals surface area contributed by atoms with Crippen LogP contribution in [0.2, 0.25) is 0 Å². The summed E-state index contributed by atoms with van der Waals surface area (Å²) in [6.45, 7) is 0.264. The summed E-state index contributed by atoms with van der Waals surface area (Å²) >= 11 is 0. The van der Waals surface area contributed by atoms with Crippen LogP contribution >= 0.6 is 0 Å². The highest BCUT2D eigenvalue weighted by Crippen LogP contribution is 2.25. The Labute approximate surface area is 72.1 Å². The second-order valence-electron chi connectivity index (χ2n) is 2.14. The number of ether oxygens (including phenoxy) is 2. The van der Waals surface area contributed by atoms with E-state index in [2.05, 4.69) is 5.92 Å². The standard InChI is InChI=1S/C10H10O2/c1-3-8-12-10-7-5-4-6-9(10)11-2/h1,4-7H,8H2,2H3. The van der Waals surface area contributed by atoms with Crippen molar-refractivity contribution in [3.05, 3.63) is 24.3 Å². The number of hydrogen-bond acceptors (Lipinski definition) is 2. The third-order valence-corrected chi connectivity index (χ3v) is 1.38. The zero-order valence-corrected chi connectivity index (χ0v) is 6.91. The summed E-state index contributed by atoms with van der Waals surface area (Å²) in [7, 11) is 1.60. The molecular weight excluding hydrogens is 152 g/mol. The first-order chi connectivity index (χ1) is 5.88. The fraction of sp³-hybridized carbons (Fsp3) is 0.200. The van der Waals surface area contributed by atoms with Gasteiger partial charge in [-0.15, -0.1) is 6.42 Å². The number of benzene rings is 1. The van der Waals surface area contributed by atoms with Crippen molar-refractivity contribution in [1.82, 2.24) is 0 Å².